The number of nitrogens with zero attached hydrogens (tertiary/aromatic N) is 1. The summed E-state index contributed by atoms with van der Waals surface area (Å²) in [6, 6.07) is 7.93. The van der Waals surface area contributed by atoms with E-state index < -0.39 is 0 Å². The molecule has 1 saturated heterocycles. The molecule has 0 spiro atoms. The smallest absolute Gasteiger partial charge is 0.337 e. The summed E-state index contributed by atoms with van der Waals surface area (Å²) in [5, 5.41) is 6.20. The zero-order valence-corrected chi connectivity index (χ0v) is 13.8. The van der Waals surface area contributed by atoms with Gasteiger partial charge in [-0.1, -0.05) is 12.1 Å². The number of methoxy groups -OCH3 is 1. The highest BCUT2D eigenvalue weighted by Gasteiger charge is 2.20. The number of hydrogen-bond acceptors (Lipinski definition) is 5. The standard InChI is InChI=1S/C17H25N3O3/c1-18-16(21)12-20-9-7-15(8-10-20)19-11-13-3-5-14(6-4-13)17(22)23-2/h3-6,15,19H,7-12H2,1-2H3,(H,18,21). The highest BCUT2D eigenvalue weighted by atomic mass is 16.5. The largest absolute Gasteiger partial charge is 0.465 e. The zero-order valence-electron chi connectivity index (χ0n) is 13.8. The van der Waals surface area contributed by atoms with Gasteiger partial charge in [-0.05, 0) is 30.5 Å². The molecule has 1 heterocycles. The molecule has 1 aromatic rings. The third-order valence-corrected chi connectivity index (χ3v) is 4.20. The molecule has 0 radical (unpaired) electrons. The third kappa shape index (κ3) is 5.33. The fraction of sp³-hybridized carbons (Fsp3) is 0.529. The second-order valence-electron chi connectivity index (χ2n) is 5.79. The maximum atomic E-state index is 11.4. The van der Waals surface area contributed by atoms with E-state index in [9.17, 15) is 9.59 Å². The predicted molar refractivity (Wildman–Crippen MR) is 88.1 cm³/mol. The predicted octanol–water partition coefficient (Wildman–Crippen LogP) is 0.773. The van der Waals surface area contributed by atoms with Crippen LogP contribution >= 0.6 is 0 Å². The van der Waals surface area contributed by atoms with E-state index in [0.717, 1.165) is 38.0 Å². The molecule has 2 N–H and O–H groups in total. The van der Waals surface area contributed by atoms with Crippen molar-refractivity contribution >= 4 is 11.9 Å². The van der Waals surface area contributed by atoms with Gasteiger partial charge >= 0.3 is 5.97 Å². The Kier molecular flexibility index (Phi) is 6.55. The Hall–Kier alpha value is -1.92. The average Bonchev–Trinajstić information content (AvgIpc) is 2.60. The van der Waals surface area contributed by atoms with Gasteiger partial charge in [0.1, 0.15) is 0 Å². The van der Waals surface area contributed by atoms with Crippen LogP contribution in [0.2, 0.25) is 0 Å². The van der Waals surface area contributed by atoms with Crippen LogP contribution in [-0.2, 0) is 16.1 Å². The van der Waals surface area contributed by atoms with Crippen LogP contribution < -0.4 is 10.6 Å². The lowest BCUT2D eigenvalue weighted by Crippen LogP contribution is -2.45. The van der Waals surface area contributed by atoms with Crippen LogP contribution in [-0.4, -0.2) is 56.6 Å². The van der Waals surface area contributed by atoms with E-state index in [4.69, 9.17) is 0 Å². The molecular formula is C17H25N3O3. The first-order chi connectivity index (χ1) is 11.1. The summed E-state index contributed by atoms with van der Waals surface area (Å²) in [6.45, 7) is 3.14. The van der Waals surface area contributed by atoms with Crippen LogP contribution in [0, 0.1) is 0 Å². The molecule has 2 rings (SSSR count). The summed E-state index contributed by atoms with van der Waals surface area (Å²) >= 11 is 0. The molecule has 0 atom stereocenters. The number of piperidine rings is 1. The lowest BCUT2D eigenvalue weighted by Gasteiger charge is -2.31. The van der Waals surface area contributed by atoms with Crippen molar-refractivity contribution in [1.29, 1.82) is 0 Å². The number of rotatable bonds is 6. The Balaban J connectivity index is 1.73. The van der Waals surface area contributed by atoms with Gasteiger partial charge in [0, 0.05) is 32.7 Å². The number of esters is 1. The van der Waals surface area contributed by atoms with Gasteiger partial charge in [-0.3, -0.25) is 9.69 Å². The topological polar surface area (TPSA) is 70.7 Å². The number of likely N-dealkylation sites (N-methyl/N-ethyl adjacent to an activating group) is 1. The fourth-order valence-electron chi connectivity index (χ4n) is 2.72. The molecule has 1 amide bonds. The number of carbonyl (C=O) groups excluding carboxylic acids is 2. The van der Waals surface area contributed by atoms with Crippen molar-refractivity contribution in [2.75, 3.05) is 33.8 Å². The maximum Gasteiger partial charge on any atom is 0.337 e. The first kappa shape index (κ1) is 17.4. The lowest BCUT2D eigenvalue weighted by molar-refractivity contribution is -0.122. The van der Waals surface area contributed by atoms with Crippen molar-refractivity contribution in [2.45, 2.75) is 25.4 Å². The molecule has 126 valence electrons. The molecule has 1 aliphatic heterocycles. The molecule has 6 nitrogen and oxygen atoms in total. The normalized spacial score (nSPS) is 16.1. The molecule has 6 heteroatoms. The summed E-state index contributed by atoms with van der Waals surface area (Å²) < 4.78 is 4.69. The number of amides is 1. The monoisotopic (exact) mass is 319 g/mol. The van der Waals surface area contributed by atoms with Gasteiger partial charge in [0.05, 0.1) is 19.2 Å². The van der Waals surface area contributed by atoms with Gasteiger partial charge in [0.15, 0.2) is 0 Å². The number of hydrogen-bond donors (Lipinski definition) is 2. The minimum Gasteiger partial charge on any atom is -0.465 e. The average molecular weight is 319 g/mol. The molecule has 0 bridgehead atoms. The van der Waals surface area contributed by atoms with Gasteiger partial charge in [0.25, 0.3) is 0 Å². The van der Waals surface area contributed by atoms with E-state index in [1.807, 2.05) is 12.1 Å². The van der Waals surface area contributed by atoms with E-state index in [1.165, 1.54) is 7.11 Å². The minimum atomic E-state index is -0.312. The van der Waals surface area contributed by atoms with E-state index in [1.54, 1.807) is 19.2 Å². The van der Waals surface area contributed by atoms with Crippen LogP contribution in [0.3, 0.4) is 0 Å². The van der Waals surface area contributed by atoms with Crippen LogP contribution in [0.15, 0.2) is 24.3 Å². The van der Waals surface area contributed by atoms with Crippen LogP contribution in [0.1, 0.15) is 28.8 Å². The van der Waals surface area contributed by atoms with Gasteiger partial charge in [0.2, 0.25) is 5.91 Å². The highest BCUT2D eigenvalue weighted by Crippen LogP contribution is 2.11. The number of ether oxygens (including phenoxy) is 1. The van der Waals surface area contributed by atoms with Crippen LogP contribution in [0.5, 0.6) is 0 Å². The molecule has 0 saturated carbocycles. The van der Waals surface area contributed by atoms with Crippen molar-refractivity contribution in [1.82, 2.24) is 15.5 Å². The van der Waals surface area contributed by atoms with Crippen molar-refractivity contribution < 1.29 is 14.3 Å². The SMILES string of the molecule is CNC(=O)CN1CCC(NCc2ccc(C(=O)OC)cc2)CC1. The lowest BCUT2D eigenvalue weighted by atomic mass is 10.0. The number of likely N-dealkylation sites (tertiary alicyclic amines) is 1. The van der Waals surface area contributed by atoms with Gasteiger partial charge in [-0.2, -0.15) is 0 Å². The van der Waals surface area contributed by atoms with Crippen LogP contribution in [0.4, 0.5) is 0 Å². The highest BCUT2D eigenvalue weighted by molar-refractivity contribution is 5.89. The maximum absolute atomic E-state index is 11.4. The van der Waals surface area contributed by atoms with Gasteiger partial charge in [-0.15, -0.1) is 0 Å². The second-order valence-corrected chi connectivity index (χ2v) is 5.79. The summed E-state index contributed by atoms with van der Waals surface area (Å²) in [6.07, 6.45) is 2.08. The van der Waals surface area contributed by atoms with E-state index in [-0.39, 0.29) is 11.9 Å². The Morgan fingerprint density at radius 2 is 1.87 bits per heavy atom. The first-order valence-corrected chi connectivity index (χ1v) is 7.96. The van der Waals surface area contributed by atoms with Crippen molar-refractivity contribution in [3.05, 3.63) is 35.4 Å². The Labute approximate surface area is 137 Å². The fourth-order valence-corrected chi connectivity index (χ4v) is 2.72. The molecule has 23 heavy (non-hydrogen) atoms. The van der Waals surface area contributed by atoms with Gasteiger partial charge in [-0.25, -0.2) is 4.79 Å². The number of carbonyl (C=O) groups is 2. The summed E-state index contributed by atoms with van der Waals surface area (Å²) in [5.41, 5.74) is 1.71. The van der Waals surface area contributed by atoms with E-state index >= 15 is 0 Å². The second kappa shape index (κ2) is 8.64. The first-order valence-electron chi connectivity index (χ1n) is 7.96. The zero-order chi connectivity index (χ0) is 16.7. The van der Waals surface area contributed by atoms with Crippen molar-refractivity contribution in [3.8, 4) is 0 Å². The van der Waals surface area contributed by atoms with E-state index in [2.05, 4.69) is 20.3 Å². The Bertz CT molecular complexity index is 522. The molecule has 1 fully saturated rings. The summed E-state index contributed by atoms with van der Waals surface area (Å²) in [7, 11) is 3.05. The molecular weight excluding hydrogens is 294 g/mol. The molecule has 1 aliphatic rings. The van der Waals surface area contributed by atoms with E-state index in [0.29, 0.717) is 18.2 Å². The summed E-state index contributed by atoms with van der Waals surface area (Å²) in [4.78, 5) is 24.9. The molecule has 0 aromatic heterocycles. The van der Waals surface area contributed by atoms with Crippen LogP contribution in [0.25, 0.3) is 0 Å². The Morgan fingerprint density at radius 3 is 2.43 bits per heavy atom. The molecule has 1 aromatic carbocycles. The third-order valence-electron chi connectivity index (χ3n) is 4.20. The minimum absolute atomic E-state index is 0.0714. The Morgan fingerprint density at radius 1 is 1.22 bits per heavy atom. The van der Waals surface area contributed by atoms with Gasteiger partial charge < -0.3 is 15.4 Å². The van der Waals surface area contributed by atoms with Crippen molar-refractivity contribution in [2.24, 2.45) is 0 Å². The molecule has 0 aliphatic carbocycles. The number of benzene rings is 1. The van der Waals surface area contributed by atoms with Crippen molar-refractivity contribution in [3.63, 3.8) is 0 Å². The number of nitrogens with one attached hydrogen (secondary N) is 2. The summed E-state index contributed by atoms with van der Waals surface area (Å²) in [5.74, 6) is -0.241. The quantitative estimate of drug-likeness (QED) is 0.758. The molecule has 0 unspecified atom stereocenters.